The van der Waals surface area contributed by atoms with Gasteiger partial charge in [-0.1, -0.05) is 12.1 Å². The first-order valence-corrected chi connectivity index (χ1v) is 8.62. The van der Waals surface area contributed by atoms with E-state index in [1.165, 1.54) is 7.11 Å². The van der Waals surface area contributed by atoms with Crippen LogP contribution < -0.4 is 4.74 Å². The van der Waals surface area contributed by atoms with E-state index in [-0.39, 0.29) is 31.5 Å². The highest BCUT2D eigenvalue weighted by atomic mass is 19.3. The summed E-state index contributed by atoms with van der Waals surface area (Å²) in [6, 6.07) is 6.57. The van der Waals surface area contributed by atoms with Crippen LogP contribution in [0.4, 0.5) is 8.78 Å². The van der Waals surface area contributed by atoms with Crippen molar-refractivity contribution in [2.45, 2.75) is 37.3 Å². The maximum atomic E-state index is 13.7. The zero-order chi connectivity index (χ0) is 18.0. The number of carbonyl (C=O) groups excluding carboxylic acids is 1. The molecule has 0 unspecified atom stereocenters. The fourth-order valence-electron chi connectivity index (χ4n) is 3.91. The largest absolute Gasteiger partial charge is 0.496 e. The van der Waals surface area contributed by atoms with Crippen LogP contribution in [0.3, 0.4) is 0 Å². The van der Waals surface area contributed by atoms with E-state index in [0.29, 0.717) is 37.2 Å². The predicted molar refractivity (Wildman–Crippen MR) is 89.1 cm³/mol. The number of rotatable bonds is 4. The van der Waals surface area contributed by atoms with Crippen LogP contribution in [0.15, 0.2) is 24.3 Å². The van der Waals surface area contributed by atoms with Crippen molar-refractivity contribution in [2.24, 2.45) is 0 Å². The minimum atomic E-state index is -2.74. The lowest BCUT2D eigenvalue weighted by Crippen LogP contribution is -2.49. The van der Waals surface area contributed by atoms with Gasteiger partial charge < -0.3 is 14.7 Å². The van der Waals surface area contributed by atoms with Gasteiger partial charge in [-0.15, -0.1) is 0 Å². The van der Waals surface area contributed by atoms with E-state index >= 15 is 0 Å². The SMILES string of the molecule is COc1ccccc1C(=O)N1CCC(N2CC(F)(F)C[C@H]2CO)CC1. The number of alkyl halides is 2. The summed E-state index contributed by atoms with van der Waals surface area (Å²) in [5.41, 5.74) is 0.518. The number of hydrogen-bond acceptors (Lipinski definition) is 4. The number of amides is 1. The summed E-state index contributed by atoms with van der Waals surface area (Å²) in [7, 11) is 1.53. The number of likely N-dealkylation sites (tertiary alicyclic amines) is 2. The van der Waals surface area contributed by atoms with Gasteiger partial charge in [-0.05, 0) is 25.0 Å². The highest BCUT2D eigenvalue weighted by molar-refractivity contribution is 5.97. The number of ether oxygens (including phenoxy) is 1. The topological polar surface area (TPSA) is 53.0 Å². The number of carbonyl (C=O) groups is 1. The third-order valence-electron chi connectivity index (χ3n) is 5.19. The molecule has 0 bridgehead atoms. The number of nitrogens with zero attached hydrogens (tertiary/aromatic N) is 2. The Bertz CT molecular complexity index is 618. The van der Waals surface area contributed by atoms with Gasteiger partial charge in [-0.25, -0.2) is 8.78 Å². The molecule has 0 spiro atoms. The maximum absolute atomic E-state index is 13.7. The normalized spacial score (nSPS) is 24.5. The lowest BCUT2D eigenvalue weighted by molar-refractivity contribution is 0.00295. The van der Waals surface area contributed by atoms with E-state index in [0.717, 1.165) is 0 Å². The molecule has 1 aromatic rings. The molecule has 138 valence electrons. The second kappa shape index (κ2) is 7.25. The van der Waals surface area contributed by atoms with Crippen LogP contribution in [0.5, 0.6) is 5.75 Å². The van der Waals surface area contributed by atoms with Gasteiger partial charge in [0.2, 0.25) is 0 Å². The summed E-state index contributed by atoms with van der Waals surface area (Å²) in [5.74, 6) is -2.30. The third kappa shape index (κ3) is 3.77. The highest BCUT2D eigenvalue weighted by Crippen LogP contribution is 2.35. The highest BCUT2D eigenvalue weighted by Gasteiger charge is 2.47. The van der Waals surface area contributed by atoms with Crippen LogP contribution in [-0.2, 0) is 0 Å². The van der Waals surface area contributed by atoms with Crippen LogP contribution in [0.2, 0.25) is 0 Å². The monoisotopic (exact) mass is 354 g/mol. The van der Waals surface area contributed by atoms with Gasteiger partial charge >= 0.3 is 0 Å². The number of para-hydroxylation sites is 1. The van der Waals surface area contributed by atoms with Crippen molar-refractivity contribution >= 4 is 5.91 Å². The molecule has 7 heteroatoms. The number of aliphatic hydroxyl groups is 1. The second-order valence-corrected chi connectivity index (χ2v) is 6.79. The fourth-order valence-corrected chi connectivity index (χ4v) is 3.91. The van der Waals surface area contributed by atoms with Gasteiger partial charge in [-0.3, -0.25) is 9.69 Å². The summed E-state index contributed by atoms with van der Waals surface area (Å²) in [6.07, 6.45) is 0.977. The molecule has 0 aromatic heterocycles. The van der Waals surface area contributed by atoms with E-state index in [4.69, 9.17) is 4.74 Å². The number of benzene rings is 1. The van der Waals surface area contributed by atoms with Gasteiger partial charge in [0.15, 0.2) is 0 Å². The van der Waals surface area contributed by atoms with Crippen molar-refractivity contribution in [1.82, 2.24) is 9.80 Å². The van der Waals surface area contributed by atoms with Crippen molar-refractivity contribution < 1.29 is 23.4 Å². The molecule has 2 aliphatic rings. The molecule has 2 fully saturated rings. The van der Waals surface area contributed by atoms with Crippen molar-refractivity contribution in [3.05, 3.63) is 29.8 Å². The minimum Gasteiger partial charge on any atom is -0.496 e. The van der Waals surface area contributed by atoms with Crippen molar-refractivity contribution in [1.29, 1.82) is 0 Å². The second-order valence-electron chi connectivity index (χ2n) is 6.79. The Morgan fingerprint density at radius 1 is 1.32 bits per heavy atom. The number of halogens is 2. The van der Waals surface area contributed by atoms with Crippen LogP contribution in [0.1, 0.15) is 29.6 Å². The molecule has 1 amide bonds. The van der Waals surface area contributed by atoms with E-state index in [1.807, 2.05) is 6.07 Å². The maximum Gasteiger partial charge on any atom is 0.262 e. The fraction of sp³-hybridized carbons (Fsp3) is 0.611. The standard InChI is InChI=1S/C18H24F2N2O3/c1-25-16-5-3-2-4-15(16)17(24)21-8-6-13(7-9-21)22-12-18(19,20)10-14(22)11-23/h2-5,13-14,23H,6-12H2,1H3/t14-/m0/s1. The number of piperidine rings is 1. The Kier molecular flexibility index (Phi) is 5.24. The third-order valence-corrected chi connectivity index (χ3v) is 5.19. The Balaban J connectivity index is 1.63. The van der Waals surface area contributed by atoms with Gasteiger partial charge in [0, 0.05) is 31.6 Å². The molecule has 2 heterocycles. The van der Waals surface area contributed by atoms with E-state index in [1.54, 1.807) is 28.0 Å². The van der Waals surface area contributed by atoms with Crippen LogP contribution in [0.25, 0.3) is 0 Å². The van der Waals surface area contributed by atoms with Crippen molar-refractivity contribution in [2.75, 3.05) is 33.4 Å². The van der Waals surface area contributed by atoms with Gasteiger partial charge in [0.05, 0.1) is 25.8 Å². The molecule has 0 radical (unpaired) electrons. The zero-order valence-corrected chi connectivity index (χ0v) is 14.3. The Morgan fingerprint density at radius 2 is 2.00 bits per heavy atom. The summed E-state index contributed by atoms with van der Waals surface area (Å²) >= 11 is 0. The van der Waals surface area contributed by atoms with Gasteiger partial charge in [0.1, 0.15) is 5.75 Å². The van der Waals surface area contributed by atoms with Gasteiger partial charge in [-0.2, -0.15) is 0 Å². The first-order chi connectivity index (χ1) is 11.9. The summed E-state index contributed by atoms with van der Waals surface area (Å²) in [4.78, 5) is 16.2. The molecule has 5 nitrogen and oxygen atoms in total. The molecular weight excluding hydrogens is 330 g/mol. The Labute approximate surface area is 146 Å². The molecule has 1 aromatic carbocycles. The molecule has 3 rings (SSSR count). The van der Waals surface area contributed by atoms with E-state index < -0.39 is 12.0 Å². The lowest BCUT2D eigenvalue weighted by Gasteiger charge is -2.38. The quantitative estimate of drug-likeness (QED) is 0.899. The average Bonchev–Trinajstić information content (AvgIpc) is 2.96. The lowest BCUT2D eigenvalue weighted by atomic mass is 10.0. The number of hydrogen-bond donors (Lipinski definition) is 1. The van der Waals surface area contributed by atoms with Crippen molar-refractivity contribution in [3.8, 4) is 5.75 Å². The van der Waals surface area contributed by atoms with Crippen LogP contribution >= 0.6 is 0 Å². The number of methoxy groups -OCH3 is 1. The van der Waals surface area contributed by atoms with Gasteiger partial charge in [0.25, 0.3) is 11.8 Å². The Hall–Kier alpha value is -1.73. The molecule has 2 aliphatic heterocycles. The summed E-state index contributed by atoms with van der Waals surface area (Å²) in [5, 5.41) is 9.39. The smallest absolute Gasteiger partial charge is 0.262 e. The first-order valence-electron chi connectivity index (χ1n) is 8.62. The molecule has 0 saturated carbocycles. The number of aliphatic hydroxyl groups excluding tert-OH is 1. The van der Waals surface area contributed by atoms with Crippen LogP contribution in [0, 0.1) is 0 Å². The predicted octanol–water partition coefficient (Wildman–Crippen LogP) is 2.00. The molecule has 1 N–H and O–H groups in total. The minimum absolute atomic E-state index is 0.0211. The molecular formula is C18H24F2N2O3. The summed E-state index contributed by atoms with van der Waals surface area (Å²) < 4.78 is 32.6. The first kappa shape index (κ1) is 18.1. The van der Waals surface area contributed by atoms with Crippen molar-refractivity contribution in [3.63, 3.8) is 0 Å². The Morgan fingerprint density at radius 3 is 2.64 bits per heavy atom. The molecule has 2 saturated heterocycles. The van der Waals surface area contributed by atoms with E-state index in [9.17, 15) is 18.7 Å². The molecule has 25 heavy (non-hydrogen) atoms. The van der Waals surface area contributed by atoms with Crippen LogP contribution in [-0.4, -0.2) is 72.2 Å². The molecule has 1 atom stereocenters. The van der Waals surface area contributed by atoms with E-state index in [2.05, 4.69) is 0 Å². The summed E-state index contributed by atoms with van der Waals surface area (Å²) in [6.45, 7) is 0.475. The zero-order valence-electron chi connectivity index (χ0n) is 14.3. The average molecular weight is 354 g/mol. The molecule has 0 aliphatic carbocycles.